The third-order valence-corrected chi connectivity index (χ3v) is 7.70. The van der Waals surface area contributed by atoms with Crippen LogP contribution in [0.2, 0.25) is 0 Å². The van der Waals surface area contributed by atoms with E-state index in [0.29, 0.717) is 19.6 Å². The molecule has 0 atom stereocenters. The summed E-state index contributed by atoms with van der Waals surface area (Å²) in [5.41, 5.74) is 1.13. The van der Waals surface area contributed by atoms with Gasteiger partial charge in [-0.05, 0) is 49.8 Å². The van der Waals surface area contributed by atoms with E-state index in [4.69, 9.17) is 28.4 Å². The third-order valence-electron chi connectivity index (χ3n) is 7.70. The predicted octanol–water partition coefficient (Wildman–Crippen LogP) is 7.64. The van der Waals surface area contributed by atoms with Crippen LogP contribution in [0.25, 0.3) is 0 Å². The first kappa shape index (κ1) is 46.3. The van der Waals surface area contributed by atoms with Crippen LogP contribution in [0.3, 0.4) is 0 Å². The van der Waals surface area contributed by atoms with Crippen molar-refractivity contribution in [1.29, 1.82) is 0 Å². The third kappa shape index (κ3) is 17.1. The lowest BCUT2D eigenvalue weighted by Crippen LogP contribution is -2.40. The van der Waals surface area contributed by atoms with Gasteiger partial charge < -0.3 is 37.9 Å². The highest BCUT2D eigenvalue weighted by Gasteiger charge is 2.32. The number of hydrogen-bond acceptors (Lipinski definition) is 11. The van der Waals surface area contributed by atoms with Gasteiger partial charge in [0.2, 0.25) is 0 Å². The summed E-state index contributed by atoms with van der Waals surface area (Å²) in [6, 6.07) is 9.88. The van der Waals surface area contributed by atoms with E-state index in [-0.39, 0.29) is 36.9 Å². The fourth-order valence-corrected chi connectivity index (χ4v) is 4.73. The summed E-state index contributed by atoms with van der Waals surface area (Å²) in [7, 11) is 0. The van der Waals surface area contributed by atoms with Gasteiger partial charge >= 0.3 is 37.3 Å². The number of ether oxygens (including phenoxy) is 8. The molecule has 0 aromatic heterocycles. The number of aryl methyl sites for hydroxylation is 1. The van der Waals surface area contributed by atoms with Gasteiger partial charge in [-0.3, -0.25) is 14.0 Å². The lowest BCUT2D eigenvalue weighted by Gasteiger charge is -2.28. The summed E-state index contributed by atoms with van der Waals surface area (Å²) in [5.74, 6) is -4.96. The summed E-state index contributed by atoms with van der Waals surface area (Å²) in [6.07, 6.45) is 1.89. The molecule has 0 unspecified atom stereocenters. The van der Waals surface area contributed by atoms with Crippen molar-refractivity contribution in [2.75, 3.05) is 39.7 Å². The molecule has 0 saturated carbocycles. The van der Waals surface area contributed by atoms with Crippen LogP contribution in [-0.4, -0.2) is 77.0 Å². The lowest BCUT2D eigenvalue weighted by molar-refractivity contribution is -0.312. The van der Waals surface area contributed by atoms with Crippen molar-refractivity contribution in [2.45, 2.75) is 98.4 Å². The average molecular weight is 779 g/mol. The molecule has 4 rings (SSSR count). The van der Waals surface area contributed by atoms with Crippen LogP contribution >= 0.6 is 0 Å². The summed E-state index contributed by atoms with van der Waals surface area (Å²) in [5, 5.41) is 0. The number of halogens is 5. The maximum atomic E-state index is 14.0. The second kappa shape index (κ2) is 26.0. The molecule has 0 amide bonds. The van der Waals surface area contributed by atoms with Crippen LogP contribution in [0.15, 0.2) is 36.4 Å². The number of benzene rings is 2. The minimum Gasteiger partial charge on any atom is -0.494 e. The summed E-state index contributed by atoms with van der Waals surface area (Å²) in [4.78, 5) is 34.0. The molecule has 2 aliphatic heterocycles. The minimum absolute atomic E-state index is 0.0427. The van der Waals surface area contributed by atoms with Gasteiger partial charge in [-0.15, -0.1) is 0 Å². The predicted molar refractivity (Wildman–Crippen MR) is 184 cm³/mol. The Labute approximate surface area is 312 Å². The van der Waals surface area contributed by atoms with Crippen molar-refractivity contribution in [3.63, 3.8) is 0 Å². The largest absolute Gasteiger partial charge is 0.494 e. The van der Waals surface area contributed by atoms with Gasteiger partial charge in [0.25, 0.3) is 0 Å². The first-order chi connectivity index (χ1) is 26.0. The van der Waals surface area contributed by atoms with E-state index in [1.807, 2.05) is 45.0 Å². The molecular formula is C38H51F5O11. The summed E-state index contributed by atoms with van der Waals surface area (Å²) >= 11 is 0. The molecule has 0 N–H and O–H groups in total. The van der Waals surface area contributed by atoms with E-state index in [1.165, 1.54) is 5.56 Å². The second-order valence-electron chi connectivity index (χ2n) is 11.9. The molecule has 2 saturated heterocycles. The van der Waals surface area contributed by atoms with Crippen molar-refractivity contribution in [1.82, 2.24) is 0 Å². The monoisotopic (exact) mass is 778 g/mol. The van der Waals surface area contributed by atoms with Gasteiger partial charge in [-0.25, -0.2) is 13.6 Å². The molecule has 0 aliphatic carbocycles. The van der Waals surface area contributed by atoms with E-state index in [1.54, 1.807) is 0 Å². The Balaban J connectivity index is 0.000000358. The number of carbonyl (C=O) groups excluding carboxylic acids is 3. The molecule has 2 heterocycles. The van der Waals surface area contributed by atoms with Crippen LogP contribution in [0.5, 0.6) is 11.5 Å². The molecule has 2 aliphatic rings. The molecule has 54 heavy (non-hydrogen) atoms. The number of hydrogen-bond donors (Lipinski definition) is 0. The molecule has 2 fully saturated rings. The number of alkyl halides is 3. The highest BCUT2D eigenvalue weighted by Crippen LogP contribution is 2.24. The quantitative estimate of drug-likeness (QED) is 0.0681. The lowest BCUT2D eigenvalue weighted by atomic mass is 10.0. The number of rotatable bonds is 17. The van der Waals surface area contributed by atoms with Gasteiger partial charge in [0.15, 0.2) is 0 Å². The zero-order chi connectivity index (χ0) is 39.9. The van der Waals surface area contributed by atoms with Gasteiger partial charge in [0, 0.05) is 23.6 Å². The van der Waals surface area contributed by atoms with Crippen LogP contribution in [0.4, 0.5) is 22.0 Å². The molecular weight excluding hydrogens is 727 g/mol. The smallest absolute Gasteiger partial charge is 0.377 e. The maximum Gasteiger partial charge on any atom is 0.377 e. The standard InChI is InChI=1S/C18H21F3O6.C18H24F2O5.C2H6/c1-2-3-4-13-14(20)7-12(8-15(13)21)26-17(23)11-9-24-18(25-10-11)27-16(22)5-6-19;1-2-3-10-22-15-8-6-13(7-9-15)4-5-14-11-23-18(24-12-14)25-17(21)16(19)20;1-2/h7-8,11,18H,2-6,9-10H2,1H3;6-9,14,16,18H,2-5,10-12H2,1H3;1-2H3. The van der Waals surface area contributed by atoms with Gasteiger partial charge in [-0.1, -0.05) is 52.7 Å². The van der Waals surface area contributed by atoms with Crippen molar-refractivity contribution < 1.29 is 74.2 Å². The Morgan fingerprint density at radius 1 is 0.796 bits per heavy atom. The fraction of sp³-hybridized carbons (Fsp3) is 0.605. The molecule has 2 aromatic carbocycles. The molecule has 0 bridgehead atoms. The van der Waals surface area contributed by atoms with Crippen LogP contribution < -0.4 is 9.47 Å². The Hall–Kier alpha value is -3.86. The molecule has 11 nitrogen and oxygen atoms in total. The highest BCUT2D eigenvalue weighted by atomic mass is 19.3. The zero-order valence-corrected chi connectivity index (χ0v) is 31.1. The van der Waals surface area contributed by atoms with E-state index in [2.05, 4.69) is 16.4 Å². The van der Waals surface area contributed by atoms with Crippen molar-refractivity contribution >= 4 is 17.9 Å². The van der Waals surface area contributed by atoms with Gasteiger partial charge in [0.05, 0.1) is 46.1 Å². The summed E-state index contributed by atoms with van der Waals surface area (Å²) in [6.45, 7) is 5.45. The maximum absolute atomic E-state index is 14.0. The van der Waals surface area contributed by atoms with Crippen molar-refractivity contribution in [3.8, 4) is 11.5 Å². The Morgan fingerprint density at radius 2 is 1.37 bits per heavy atom. The van der Waals surface area contributed by atoms with Crippen LogP contribution in [-0.2, 0) is 55.6 Å². The van der Waals surface area contributed by atoms with Crippen molar-refractivity contribution in [3.05, 3.63) is 59.2 Å². The topological polar surface area (TPSA) is 125 Å². The van der Waals surface area contributed by atoms with E-state index in [9.17, 15) is 36.3 Å². The fourth-order valence-electron chi connectivity index (χ4n) is 4.73. The van der Waals surface area contributed by atoms with Crippen molar-refractivity contribution in [2.24, 2.45) is 11.8 Å². The first-order valence-corrected chi connectivity index (χ1v) is 18.1. The Kier molecular flexibility index (Phi) is 22.3. The Morgan fingerprint density at radius 3 is 1.93 bits per heavy atom. The van der Waals surface area contributed by atoms with Gasteiger partial charge in [0.1, 0.15) is 29.1 Å². The van der Waals surface area contributed by atoms with Gasteiger partial charge in [-0.2, -0.15) is 8.78 Å². The Bertz CT molecular complexity index is 1360. The molecule has 304 valence electrons. The minimum atomic E-state index is -3.18. The number of unbranched alkanes of at least 4 members (excludes halogenated alkanes) is 2. The first-order valence-electron chi connectivity index (χ1n) is 18.1. The number of carbonyl (C=O) groups is 3. The SMILES string of the molecule is CC.CCCCOc1ccc(CCC2COC(OC(=O)C(F)F)OC2)cc1.CCCCc1c(F)cc(OC(=O)C2COC(OC(=O)CCF)OC2)cc1F. The average Bonchev–Trinajstić information content (AvgIpc) is 3.16. The van der Waals surface area contributed by atoms with E-state index >= 15 is 0 Å². The van der Waals surface area contributed by atoms with Crippen LogP contribution in [0.1, 0.15) is 77.3 Å². The molecule has 16 heteroatoms. The molecule has 2 aromatic rings. The summed E-state index contributed by atoms with van der Waals surface area (Å²) < 4.78 is 104. The molecule has 0 spiro atoms. The molecule has 0 radical (unpaired) electrons. The number of esters is 3. The van der Waals surface area contributed by atoms with E-state index < -0.39 is 67.9 Å². The second-order valence-corrected chi connectivity index (χ2v) is 11.9. The highest BCUT2D eigenvalue weighted by molar-refractivity contribution is 5.75. The zero-order valence-electron chi connectivity index (χ0n) is 31.1. The normalized spacial score (nSPS) is 19.4. The van der Waals surface area contributed by atoms with Crippen LogP contribution in [0, 0.1) is 23.5 Å². The van der Waals surface area contributed by atoms with E-state index in [0.717, 1.165) is 56.6 Å².